The Morgan fingerprint density at radius 3 is 2.04 bits per heavy atom. The first kappa shape index (κ1) is 21.6. The highest BCUT2D eigenvalue weighted by molar-refractivity contribution is 6.69. The maximum Gasteiger partial charge on any atom is 0.212 e. The van der Waals surface area contributed by atoms with Crippen molar-refractivity contribution < 1.29 is 9.26 Å². The first-order valence-corrected chi connectivity index (χ1v) is 13.0. The van der Waals surface area contributed by atoms with Crippen molar-refractivity contribution in [2.75, 3.05) is 6.61 Å². The summed E-state index contributed by atoms with van der Waals surface area (Å²) in [5.74, 6) is 0.251. The van der Waals surface area contributed by atoms with Crippen molar-refractivity contribution in [2.45, 2.75) is 45.8 Å². The summed E-state index contributed by atoms with van der Waals surface area (Å²) in [7, 11) is -1.76. The molecule has 0 aliphatic rings. The molecule has 0 saturated heterocycles. The monoisotopic (exact) mass is 383 g/mol. The van der Waals surface area contributed by atoms with Gasteiger partial charge in [0.05, 0.1) is 19.3 Å². The van der Waals surface area contributed by atoms with Crippen LogP contribution in [0.25, 0.3) is 0 Å². The van der Waals surface area contributed by atoms with E-state index in [4.69, 9.17) is 9.26 Å². The summed E-state index contributed by atoms with van der Waals surface area (Å²) in [4.78, 5) is 0. The number of rotatable bonds is 11. The van der Waals surface area contributed by atoms with Gasteiger partial charge in [-0.3, -0.25) is 0 Å². The molecule has 0 bridgehead atoms. The summed E-state index contributed by atoms with van der Waals surface area (Å²) in [6.07, 6.45) is 1.99. The molecule has 0 saturated carbocycles. The molecule has 0 unspecified atom stereocenters. The normalized spacial score (nSPS) is 14.1. The van der Waals surface area contributed by atoms with Crippen molar-refractivity contribution in [3.05, 3.63) is 84.4 Å². The zero-order valence-corrected chi connectivity index (χ0v) is 18.1. The van der Waals surface area contributed by atoms with Crippen LogP contribution in [-0.2, 0) is 22.4 Å². The van der Waals surface area contributed by atoms with E-state index in [0.717, 1.165) is 6.54 Å². The van der Waals surface area contributed by atoms with E-state index in [2.05, 4.69) is 74.6 Å². The van der Waals surface area contributed by atoms with Crippen LogP contribution < -0.4 is 0 Å². The lowest BCUT2D eigenvalue weighted by molar-refractivity contribution is -0.142. The van der Waals surface area contributed by atoms with E-state index in [1.807, 2.05) is 30.3 Å². The second-order valence-electron chi connectivity index (χ2n) is 7.93. The first-order valence-electron chi connectivity index (χ1n) is 9.63. The van der Waals surface area contributed by atoms with Crippen molar-refractivity contribution >= 4 is 8.32 Å². The fourth-order valence-corrected chi connectivity index (χ4v) is 3.76. The predicted octanol–water partition coefficient (Wildman–Crippen LogP) is 5.66. The summed E-state index contributed by atoms with van der Waals surface area (Å²) in [6, 6.07) is 20.9. The van der Waals surface area contributed by atoms with Gasteiger partial charge in [0.2, 0.25) is 8.32 Å². The third-order valence-electron chi connectivity index (χ3n) is 4.32. The van der Waals surface area contributed by atoms with Gasteiger partial charge in [-0.25, -0.2) is 0 Å². The Balaban J connectivity index is 2.12. The van der Waals surface area contributed by atoms with E-state index >= 15 is 0 Å². The standard InChI is InChI=1S/C23H33NO2Si/c1-6-20(2)23(19-25-18-22-15-11-8-12-16-22)24(26-27(3,4)5)17-21-13-9-7-10-14-21/h6-16,20,23H,1,17-19H2,2-5H3/t20-,23+/m0/s1. The molecule has 0 fully saturated rings. The highest BCUT2D eigenvalue weighted by atomic mass is 28.4. The van der Waals surface area contributed by atoms with Crippen LogP contribution in [0.3, 0.4) is 0 Å². The molecule has 4 heteroatoms. The molecular formula is C23H33NO2Si. The predicted molar refractivity (Wildman–Crippen MR) is 116 cm³/mol. The van der Waals surface area contributed by atoms with Gasteiger partial charge in [-0.05, 0) is 36.7 Å². The van der Waals surface area contributed by atoms with E-state index in [0.29, 0.717) is 13.2 Å². The zero-order valence-electron chi connectivity index (χ0n) is 17.1. The maximum absolute atomic E-state index is 6.47. The number of hydrogen-bond donors (Lipinski definition) is 0. The van der Waals surface area contributed by atoms with Gasteiger partial charge in [-0.2, -0.15) is 5.06 Å². The van der Waals surface area contributed by atoms with E-state index in [9.17, 15) is 0 Å². The summed E-state index contributed by atoms with van der Waals surface area (Å²) < 4.78 is 12.6. The molecule has 146 valence electrons. The Bertz CT molecular complexity index is 670. The van der Waals surface area contributed by atoms with Crippen LogP contribution in [0.4, 0.5) is 0 Å². The number of ether oxygens (including phenoxy) is 1. The summed E-state index contributed by atoms with van der Waals surface area (Å²) in [5.41, 5.74) is 2.42. The average molecular weight is 384 g/mol. The molecule has 0 aliphatic heterocycles. The van der Waals surface area contributed by atoms with Crippen molar-refractivity contribution in [3.8, 4) is 0 Å². The molecule has 27 heavy (non-hydrogen) atoms. The number of hydrogen-bond acceptors (Lipinski definition) is 3. The Labute approximate surface area is 165 Å². The molecule has 0 aliphatic carbocycles. The average Bonchev–Trinajstić information content (AvgIpc) is 2.65. The van der Waals surface area contributed by atoms with Crippen LogP contribution in [0.1, 0.15) is 18.1 Å². The Morgan fingerprint density at radius 2 is 1.52 bits per heavy atom. The lowest BCUT2D eigenvalue weighted by atomic mass is 10.0. The number of nitrogens with zero attached hydrogens (tertiary/aromatic N) is 1. The lowest BCUT2D eigenvalue weighted by Crippen LogP contribution is -2.47. The fourth-order valence-electron chi connectivity index (χ4n) is 2.86. The molecule has 2 atom stereocenters. The van der Waals surface area contributed by atoms with Gasteiger partial charge < -0.3 is 9.26 Å². The number of hydroxylamine groups is 2. The second kappa shape index (κ2) is 10.6. The zero-order chi connectivity index (χ0) is 19.7. The highest BCUT2D eigenvalue weighted by Crippen LogP contribution is 2.21. The van der Waals surface area contributed by atoms with E-state index < -0.39 is 8.32 Å². The SMILES string of the molecule is C=C[C@H](C)[C@@H](COCc1ccccc1)N(Cc1ccccc1)O[Si](C)(C)C. The molecule has 0 amide bonds. The third kappa shape index (κ3) is 7.81. The molecule has 0 spiro atoms. The molecule has 0 radical (unpaired) electrons. The fraction of sp³-hybridized carbons (Fsp3) is 0.391. The smallest absolute Gasteiger partial charge is 0.212 e. The molecular weight excluding hydrogens is 350 g/mol. The minimum absolute atomic E-state index is 0.109. The third-order valence-corrected chi connectivity index (χ3v) is 5.10. The highest BCUT2D eigenvalue weighted by Gasteiger charge is 2.29. The van der Waals surface area contributed by atoms with Gasteiger partial charge in [0.15, 0.2) is 0 Å². The van der Waals surface area contributed by atoms with Crippen molar-refractivity contribution in [1.29, 1.82) is 0 Å². The molecule has 0 N–H and O–H groups in total. The van der Waals surface area contributed by atoms with Crippen LogP contribution in [0, 0.1) is 5.92 Å². The molecule has 0 heterocycles. The van der Waals surface area contributed by atoms with Crippen LogP contribution in [0.5, 0.6) is 0 Å². The first-order chi connectivity index (χ1) is 12.9. The van der Waals surface area contributed by atoms with Gasteiger partial charge >= 0.3 is 0 Å². The largest absolute Gasteiger partial charge is 0.375 e. The Kier molecular flexibility index (Phi) is 8.45. The van der Waals surface area contributed by atoms with E-state index in [1.165, 1.54) is 11.1 Å². The van der Waals surface area contributed by atoms with Crippen LogP contribution >= 0.6 is 0 Å². The van der Waals surface area contributed by atoms with Crippen LogP contribution in [-0.4, -0.2) is 26.0 Å². The molecule has 2 rings (SSSR count). The van der Waals surface area contributed by atoms with Gasteiger partial charge in [0.25, 0.3) is 0 Å². The van der Waals surface area contributed by atoms with Crippen LogP contribution in [0.2, 0.25) is 19.6 Å². The molecule has 3 nitrogen and oxygen atoms in total. The topological polar surface area (TPSA) is 21.7 Å². The quantitative estimate of drug-likeness (QED) is 0.284. The van der Waals surface area contributed by atoms with Gasteiger partial charge in [-0.1, -0.05) is 73.7 Å². The molecule has 2 aromatic rings. The molecule has 0 aromatic heterocycles. The van der Waals surface area contributed by atoms with Crippen molar-refractivity contribution in [2.24, 2.45) is 5.92 Å². The van der Waals surface area contributed by atoms with E-state index in [1.54, 1.807) is 0 Å². The van der Waals surface area contributed by atoms with Crippen LogP contribution in [0.15, 0.2) is 73.3 Å². The number of benzene rings is 2. The lowest BCUT2D eigenvalue weighted by Gasteiger charge is -2.37. The minimum atomic E-state index is -1.76. The Morgan fingerprint density at radius 1 is 0.963 bits per heavy atom. The van der Waals surface area contributed by atoms with Crippen molar-refractivity contribution in [1.82, 2.24) is 5.06 Å². The summed E-state index contributed by atoms with van der Waals surface area (Å²) >= 11 is 0. The van der Waals surface area contributed by atoms with Gasteiger partial charge in [0, 0.05) is 6.54 Å². The maximum atomic E-state index is 6.47. The summed E-state index contributed by atoms with van der Waals surface area (Å²) in [5, 5.41) is 2.12. The summed E-state index contributed by atoms with van der Waals surface area (Å²) in [6.45, 7) is 14.8. The molecule has 2 aromatic carbocycles. The minimum Gasteiger partial charge on any atom is -0.375 e. The van der Waals surface area contributed by atoms with Gasteiger partial charge in [0.1, 0.15) is 0 Å². The van der Waals surface area contributed by atoms with Crippen molar-refractivity contribution in [3.63, 3.8) is 0 Å². The second-order valence-corrected chi connectivity index (χ2v) is 12.3. The van der Waals surface area contributed by atoms with Gasteiger partial charge in [-0.15, -0.1) is 6.58 Å². The Hall–Kier alpha value is -1.72. The van der Waals surface area contributed by atoms with E-state index in [-0.39, 0.29) is 12.0 Å².